The molecule has 3 nitrogen and oxygen atoms in total. The van der Waals surface area contributed by atoms with E-state index < -0.39 is 0 Å². The van der Waals surface area contributed by atoms with Crippen molar-refractivity contribution in [2.24, 2.45) is 0 Å². The van der Waals surface area contributed by atoms with E-state index in [1.807, 2.05) is 6.07 Å². The Morgan fingerprint density at radius 3 is 2.81 bits per heavy atom. The number of aromatic amines is 1. The maximum atomic E-state index is 4.45. The lowest BCUT2D eigenvalue weighted by Gasteiger charge is -2.22. The van der Waals surface area contributed by atoms with Crippen molar-refractivity contribution >= 4 is 22.8 Å². The van der Waals surface area contributed by atoms with Crippen LogP contribution in [0.5, 0.6) is 0 Å². The molecule has 0 unspecified atom stereocenters. The third-order valence-corrected chi connectivity index (χ3v) is 3.75. The van der Waals surface area contributed by atoms with Gasteiger partial charge >= 0.3 is 0 Å². The van der Waals surface area contributed by atoms with Gasteiger partial charge in [0.05, 0.1) is 23.0 Å². The van der Waals surface area contributed by atoms with Crippen LogP contribution in [0.3, 0.4) is 0 Å². The number of anilines is 1. The second-order valence-corrected chi connectivity index (χ2v) is 5.11. The van der Waals surface area contributed by atoms with Gasteiger partial charge in [0.15, 0.2) is 0 Å². The van der Waals surface area contributed by atoms with E-state index in [1.165, 1.54) is 11.3 Å². The zero-order chi connectivity index (χ0) is 14.1. The lowest BCUT2D eigenvalue weighted by Crippen LogP contribution is -2.15. The van der Waals surface area contributed by atoms with Crippen LogP contribution >= 0.6 is 0 Å². The minimum absolute atomic E-state index is 0.849. The Bertz CT molecular complexity index is 828. The van der Waals surface area contributed by atoms with E-state index in [0.717, 1.165) is 23.1 Å². The first-order valence-electron chi connectivity index (χ1n) is 7.03. The van der Waals surface area contributed by atoms with E-state index >= 15 is 0 Å². The third kappa shape index (κ3) is 2.13. The predicted molar refractivity (Wildman–Crippen MR) is 86.9 cm³/mol. The lowest BCUT2D eigenvalue weighted by molar-refractivity contribution is 0.968. The summed E-state index contributed by atoms with van der Waals surface area (Å²) < 4.78 is 0. The Morgan fingerprint density at radius 2 is 1.90 bits per heavy atom. The van der Waals surface area contributed by atoms with Crippen molar-refractivity contribution < 1.29 is 0 Å². The number of imidazole rings is 1. The highest BCUT2D eigenvalue weighted by atomic mass is 15.1. The molecule has 102 valence electrons. The van der Waals surface area contributed by atoms with Crippen molar-refractivity contribution in [3.05, 3.63) is 78.3 Å². The summed E-state index contributed by atoms with van der Waals surface area (Å²) in [4.78, 5) is 9.89. The van der Waals surface area contributed by atoms with Gasteiger partial charge in [-0.25, -0.2) is 4.98 Å². The second-order valence-electron chi connectivity index (χ2n) is 5.11. The van der Waals surface area contributed by atoms with Gasteiger partial charge in [0, 0.05) is 18.3 Å². The lowest BCUT2D eigenvalue weighted by atomic mass is 10.1. The number of H-pyrrole nitrogens is 1. The quantitative estimate of drug-likeness (QED) is 0.762. The number of nitrogens with one attached hydrogen (secondary N) is 1. The van der Waals surface area contributed by atoms with Crippen molar-refractivity contribution in [2.45, 2.75) is 6.54 Å². The molecule has 1 aromatic heterocycles. The highest BCUT2D eigenvalue weighted by Gasteiger charge is 2.14. The standard InChI is InChI=1S/C18H15N3/c1-2-6-14(7-3-1)12-21-11-5-4-8-15-17(21)10-9-16-18(15)20-13-19-16/h1-11,13H,12H2,(H,19,20). The van der Waals surface area contributed by atoms with Crippen LogP contribution < -0.4 is 4.90 Å². The minimum Gasteiger partial charge on any atom is -0.345 e. The van der Waals surface area contributed by atoms with Gasteiger partial charge in [0.1, 0.15) is 0 Å². The van der Waals surface area contributed by atoms with Crippen LogP contribution in [0.15, 0.2) is 67.1 Å². The van der Waals surface area contributed by atoms with Crippen LogP contribution in [-0.2, 0) is 6.54 Å². The smallest absolute Gasteiger partial charge is 0.0975 e. The molecule has 0 amide bonds. The monoisotopic (exact) mass is 273 g/mol. The molecule has 0 spiro atoms. The van der Waals surface area contributed by atoms with Crippen molar-refractivity contribution in [1.82, 2.24) is 9.97 Å². The fourth-order valence-corrected chi connectivity index (χ4v) is 2.74. The van der Waals surface area contributed by atoms with Crippen molar-refractivity contribution in [2.75, 3.05) is 4.90 Å². The van der Waals surface area contributed by atoms with Gasteiger partial charge in [-0.3, -0.25) is 0 Å². The molecule has 0 saturated carbocycles. The molecule has 0 atom stereocenters. The van der Waals surface area contributed by atoms with Crippen molar-refractivity contribution in [3.63, 3.8) is 0 Å². The maximum Gasteiger partial charge on any atom is 0.0975 e. The Kier molecular flexibility index (Phi) is 2.82. The average molecular weight is 273 g/mol. The van der Waals surface area contributed by atoms with Crippen LogP contribution in [0.4, 0.5) is 5.69 Å². The van der Waals surface area contributed by atoms with E-state index in [-0.39, 0.29) is 0 Å². The fraction of sp³-hybridized carbons (Fsp3) is 0.0556. The first-order chi connectivity index (χ1) is 10.4. The Morgan fingerprint density at radius 1 is 1.00 bits per heavy atom. The molecular formula is C18H15N3. The van der Waals surface area contributed by atoms with Gasteiger partial charge in [-0.15, -0.1) is 0 Å². The SMILES string of the molecule is C1=Cc2c(ccc3[nH]cnc23)N(Cc2ccccc2)C=C1. The normalized spacial score (nSPS) is 13.4. The van der Waals surface area contributed by atoms with E-state index in [4.69, 9.17) is 0 Å². The Balaban J connectivity index is 1.81. The molecule has 1 aliphatic heterocycles. The van der Waals surface area contributed by atoms with Crippen LogP contribution in [0, 0.1) is 0 Å². The molecule has 3 heteroatoms. The summed E-state index contributed by atoms with van der Waals surface area (Å²) in [6.45, 7) is 0.849. The summed E-state index contributed by atoms with van der Waals surface area (Å²) in [5.41, 5.74) is 5.72. The molecule has 0 bridgehead atoms. The van der Waals surface area contributed by atoms with E-state index in [0.29, 0.717) is 0 Å². The predicted octanol–water partition coefficient (Wildman–Crippen LogP) is 4.11. The first-order valence-corrected chi connectivity index (χ1v) is 7.03. The van der Waals surface area contributed by atoms with Gasteiger partial charge in [0.2, 0.25) is 0 Å². The number of aromatic nitrogens is 2. The molecule has 2 heterocycles. The van der Waals surface area contributed by atoms with Crippen molar-refractivity contribution in [3.8, 4) is 0 Å². The van der Waals surface area contributed by atoms with Gasteiger partial charge in [-0.05, 0) is 23.8 Å². The largest absolute Gasteiger partial charge is 0.345 e. The summed E-state index contributed by atoms with van der Waals surface area (Å²) in [6, 6.07) is 14.7. The van der Waals surface area contributed by atoms with Crippen LogP contribution in [0.25, 0.3) is 17.1 Å². The molecule has 4 rings (SSSR count). The minimum atomic E-state index is 0.849. The number of rotatable bonds is 2. The maximum absolute atomic E-state index is 4.45. The van der Waals surface area contributed by atoms with Gasteiger partial charge in [0.25, 0.3) is 0 Å². The molecule has 21 heavy (non-hydrogen) atoms. The van der Waals surface area contributed by atoms with Gasteiger partial charge < -0.3 is 9.88 Å². The first kappa shape index (κ1) is 12.0. The molecule has 2 aromatic carbocycles. The van der Waals surface area contributed by atoms with Gasteiger partial charge in [-0.2, -0.15) is 0 Å². The highest BCUT2D eigenvalue weighted by molar-refractivity contribution is 5.92. The third-order valence-electron chi connectivity index (χ3n) is 3.75. The molecule has 0 radical (unpaired) electrons. The van der Waals surface area contributed by atoms with Crippen LogP contribution in [0.2, 0.25) is 0 Å². The fourth-order valence-electron chi connectivity index (χ4n) is 2.74. The van der Waals surface area contributed by atoms with E-state index in [1.54, 1.807) is 6.33 Å². The highest BCUT2D eigenvalue weighted by Crippen LogP contribution is 2.31. The molecule has 1 aliphatic rings. The zero-order valence-corrected chi connectivity index (χ0v) is 11.5. The Hall–Kier alpha value is -2.81. The number of allylic oxidation sites excluding steroid dienone is 2. The number of benzene rings is 2. The summed E-state index contributed by atoms with van der Waals surface area (Å²) in [7, 11) is 0. The molecular weight excluding hydrogens is 258 g/mol. The summed E-state index contributed by atoms with van der Waals surface area (Å²) in [5.74, 6) is 0. The number of hydrogen-bond donors (Lipinski definition) is 1. The summed E-state index contributed by atoms with van der Waals surface area (Å²) in [5, 5.41) is 0. The molecule has 3 aromatic rings. The van der Waals surface area contributed by atoms with E-state index in [9.17, 15) is 0 Å². The van der Waals surface area contributed by atoms with Crippen LogP contribution in [0.1, 0.15) is 11.1 Å². The molecule has 0 aliphatic carbocycles. The number of hydrogen-bond acceptors (Lipinski definition) is 2. The van der Waals surface area contributed by atoms with Crippen molar-refractivity contribution in [1.29, 1.82) is 0 Å². The number of fused-ring (bicyclic) bond motifs is 3. The molecule has 0 fully saturated rings. The topological polar surface area (TPSA) is 31.9 Å². The number of nitrogens with zero attached hydrogens (tertiary/aromatic N) is 2. The Labute approximate surface area is 123 Å². The average Bonchev–Trinajstić information content (AvgIpc) is 2.91. The zero-order valence-electron chi connectivity index (χ0n) is 11.5. The molecule has 0 saturated heterocycles. The summed E-state index contributed by atoms with van der Waals surface area (Å²) >= 11 is 0. The van der Waals surface area contributed by atoms with Gasteiger partial charge in [-0.1, -0.05) is 42.5 Å². The van der Waals surface area contributed by atoms with Crippen LogP contribution in [-0.4, -0.2) is 9.97 Å². The second kappa shape index (κ2) is 4.94. The van der Waals surface area contributed by atoms with E-state index in [2.05, 4.69) is 75.7 Å². The molecule has 1 N–H and O–H groups in total. The summed E-state index contributed by atoms with van der Waals surface area (Å²) in [6.07, 6.45) is 10.1.